The molecular formula is C21H24N4OS. The van der Waals surface area contributed by atoms with Crippen molar-refractivity contribution < 1.29 is 4.79 Å². The molecule has 0 aliphatic heterocycles. The summed E-state index contributed by atoms with van der Waals surface area (Å²) >= 11 is 1.69. The number of hydrogen-bond donors (Lipinski definition) is 1. The average Bonchev–Trinajstić information content (AvgIpc) is 3.40. The second-order valence-corrected chi connectivity index (χ2v) is 8.09. The lowest BCUT2D eigenvalue weighted by atomic mass is 9.72. The number of nitrogens with one attached hydrogen (secondary N) is 1. The molecule has 0 saturated heterocycles. The molecule has 0 unspecified atom stereocenters. The molecule has 1 fully saturated rings. The van der Waals surface area contributed by atoms with Crippen LogP contribution in [0.25, 0.3) is 0 Å². The molecule has 0 atom stereocenters. The predicted molar refractivity (Wildman–Crippen MR) is 108 cm³/mol. The molecule has 1 N–H and O–H groups in total. The first kappa shape index (κ1) is 17.9. The van der Waals surface area contributed by atoms with Gasteiger partial charge in [-0.05, 0) is 48.4 Å². The topological polar surface area (TPSA) is 59.8 Å². The van der Waals surface area contributed by atoms with Crippen LogP contribution < -0.4 is 5.32 Å². The summed E-state index contributed by atoms with van der Waals surface area (Å²) in [6, 6.07) is 10.1. The van der Waals surface area contributed by atoms with E-state index in [1.165, 1.54) is 16.9 Å². The molecule has 140 valence electrons. The van der Waals surface area contributed by atoms with E-state index in [1.807, 2.05) is 35.1 Å². The van der Waals surface area contributed by atoms with E-state index in [0.717, 1.165) is 38.6 Å². The summed E-state index contributed by atoms with van der Waals surface area (Å²) in [4.78, 5) is 18.4. The molecule has 6 heteroatoms. The molecule has 0 radical (unpaired) electrons. The molecule has 0 spiro atoms. The standard InChI is InChI=1S/C21H24N4OS/c26-20(21(10-2-1-3-11-21)18-5-4-16-27-18)23-19-9-15-25(24-19)14-8-17-6-12-22-13-7-17/h4-7,9,12-13,15-16H,1-3,8,10-11,14H2,(H,23,24,26). The van der Waals surface area contributed by atoms with Gasteiger partial charge in [0.2, 0.25) is 5.91 Å². The van der Waals surface area contributed by atoms with Crippen molar-refractivity contribution in [3.05, 3.63) is 64.7 Å². The molecule has 5 nitrogen and oxygen atoms in total. The van der Waals surface area contributed by atoms with E-state index in [0.29, 0.717) is 5.82 Å². The molecule has 4 rings (SSSR count). The van der Waals surface area contributed by atoms with Gasteiger partial charge in [-0.3, -0.25) is 14.5 Å². The minimum absolute atomic E-state index is 0.0871. The van der Waals surface area contributed by atoms with E-state index in [9.17, 15) is 4.79 Å². The van der Waals surface area contributed by atoms with Crippen LogP contribution in [0.2, 0.25) is 0 Å². The fourth-order valence-corrected chi connectivity index (χ4v) is 4.86. The zero-order valence-electron chi connectivity index (χ0n) is 15.3. The quantitative estimate of drug-likeness (QED) is 0.688. The third-order valence-electron chi connectivity index (χ3n) is 5.40. The number of amides is 1. The first-order valence-corrected chi connectivity index (χ1v) is 10.4. The summed E-state index contributed by atoms with van der Waals surface area (Å²) in [7, 11) is 0. The Morgan fingerprint density at radius 1 is 1.15 bits per heavy atom. The maximum Gasteiger partial charge on any atom is 0.237 e. The highest BCUT2D eigenvalue weighted by molar-refractivity contribution is 7.10. The second-order valence-electron chi connectivity index (χ2n) is 7.14. The Bertz CT molecular complexity index is 867. The lowest BCUT2D eigenvalue weighted by Gasteiger charge is -2.34. The van der Waals surface area contributed by atoms with Gasteiger partial charge in [-0.25, -0.2) is 0 Å². The molecule has 1 amide bonds. The Hall–Kier alpha value is -2.47. The van der Waals surface area contributed by atoms with Gasteiger partial charge >= 0.3 is 0 Å². The van der Waals surface area contributed by atoms with Crippen molar-refractivity contribution in [2.24, 2.45) is 0 Å². The van der Waals surface area contributed by atoms with Crippen molar-refractivity contribution in [1.82, 2.24) is 14.8 Å². The van der Waals surface area contributed by atoms with E-state index in [2.05, 4.69) is 26.8 Å². The van der Waals surface area contributed by atoms with Gasteiger partial charge in [0.1, 0.15) is 0 Å². The van der Waals surface area contributed by atoms with Crippen LogP contribution >= 0.6 is 11.3 Å². The minimum Gasteiger partial charge on any atom is -0.308 e. The van der Waals surface area contributed by atoms with Crippen molar-refractivity contribution in [3.63, 3.8) is 0 Å². The zero-order chi connectivity index (χ0) is 18.5. The molecule has 0 aromatic carbocycles. The van der Waals surface area contributed by atoms with E-state index in [-0.39, 0.29) is 5.91 Å². The van der Waals surface area contributed by atoms with Gasteiger partial charge in [-0.15, -0.1) is 11.3 Å². The Kier molecular flexibility index (Phi) is 5.34. The van der Waals surface area contributed by atoms with Crippen molar-refractivity contribution >= 4 is 23.1 Å². The predicted octanol–water partition coefficient (Wildman–Crippen LogP) is 4.42. The number of hydrogen-bond acceptors (Lipinski definition) is 4. The van der Waals surface area contributed by atoms with Crippen molar-refractivity contribution in [1.29, 1.82) is 0 Å². The smallest absolute Gasteiger partial charge is 0.237 e. The number of carbonyl (C=O) groups excluding carboxylic acids is 1. The molecule has 1 aliphatic carbocycles. The van der Waals surface area contributed by atoms with Crippen LogP contribution in [0.4, 0.5) is 5.82 Å². The van der Waals surface area contributed by atoms with Gasteiger partial charge < -0.3 is 5.32 Å². The number of pyridine rings is 1. The highest BCUT2D eigenvalue weighted by Gasteiger charge is 2.42. The van der Waals surface area contributed by atoms with Gasteiger partial charge in [0.05, 0.1) is 5.41 Å². The maximum absolute atomic E-state index is 13.2. The van der Waals surface area contributed by atoms with Gasteiger partial charge in [0.25, 0.3) is 0 Å². The Balaban J connectivity index is 1.44. The second kappa shape index (κ2) is 8.05. The fraction of sp³-hybridized carbons (Fsp3) is 0.381. The highest BCUT2D eigenvalue weighted by Crippen LogP contribution is 2.42. The Morgan fingerprint density at radius 3 is 2.70 bits per heavy atom. The number of rotatable bonds is 6. The van der Waals surface area contributed by atoms with E-state index in [4.69, 9.17) is 0 Å². The van der Waals surface area contributed by atoms with Crippen LogP contribution in [0.1, 0.15) is 42.5 Å². The van der Waals surface area contributed by atoms with Crippen LogP contribution in [-0.2, 0) is 23.2 Å². The molecule has 3 heterocycles. The normalized spacial score (nSPS) is 16.1. The minimum atomic E-state index is -0.396. The summed E-state index contributed by atoms with van der Waals surface area (Å²) in [5.41, 5.74) is 0.831. The zero-order valence-corrected chi connectivity index (χ0v) is 16.1. The molecule has 0 bridgehead atoms. The van der Waals surface area contributed by atoms with Crippen LogP contribution in [0.5, 0.6) is 0 Å². The summed E-state index contributed by atoms with van der Waals surface area (Å²) in [5.74, 6) is 0.722. The summed E-state index contributed by atoms with van der Waals surface area (Å²) in [6.45, 7) is 0.774. The molecular weight excluding hydrogens is 356 g/mol. The number of anilines is 1. The first-order chi connectivity index (χ1) is 13.3. The maximum atomic E-state index is 13.2. The third kappa shape index (κ3) is 3.95. The summed E-state index contributed by atoms with van der Waals surface area (Å²) in [6.07, 6.45) is 11.7. The third-order valence-corrected chi connectivity index (χ3v) is 6.47. The van der Waals surface area contributed by atoms with E-state index >= 15 is 0 Å². The number of aromatic nitrogens is 3. The van der Waals surface area contributed by atoms with Crippen LogP contribution in [0.15, 0.2) is 54.3 Å². The van der Waals surface area contributed by atoms with E-state index < -0.39 is 5.41 Å². The number of thiophene rings is 1. The molecule has 1 aliphatic rings. The highest BCUT2D eigenvalue weighted by atomic mass is 32.1. The van der Waals surface area contributed by atoms with Crippen LogP contribution in [0.3, 0.4) is 0 Å². The largest absolute Gasteiger partial charge is 0.308 e. The Morgan fingerprint density at radius 2 is 1.96 bits per heavy atom. The lowest BCUT2D eigenvalue weighted by molar-refractivity contribution is -0.122. The average molecular weight is 381 g/mol. The van der Waals surface area contributed by atoms with Gasteiger partial charge in [-0.2, -0.15) is 5.10 Å². The van der Waals surface area contributed by atoms with Crippen molar-refractivity contribution in [2.75, 3.05) is 5.32 Å². The van der Waals surface area contributed by atoms with Crippen LogP contribution in [0, 0.1) is 0 Å². The van der Waals surface area contributed by atoms with Gasteiger partial charge in [-0.1, -0.05) is 25.3 Å². The number of nitrogens with zero attached hydrogens (tertiary/aromatic N) is 3. The fourth-order valence-electron chi connectivity index (χ4n) is 3.87. The monoisotopic (exact) mass is 380 g/mol. The summed E-state index contributed by atoms with van der Waals surface area (Å²) < 4.78 is 1.88. The van der Waals surface area contributed by atoms with Gasteiger partial charge in [0.15, 0.2) is 5.82 Å². The van der Waals surface area contributed by atoms with E-state index in [1.54, 1.807) is 23.7 Å². The van der Waals surface area contributed by atoms with Crippen molar-refractivity contribution in [2.45, 2.75) is 50.5 Å². The lowest BCUT2D eigenvalue weighted by Crippen LogP contribution is -2.41. The van der Waals surface area contributed by atoms with Crippen molar-refractivity contribution in [3.8, 4) is 0 Å². The SMILES string of the molecule is O=C(Nc1ccn(CCc2ccncc2)n1)C1(c2cccs2)CCCCC1. The molecule has 1 saturated carbocycles. The number of carbonyl (C=O) groups is 1. The summed E-state index contributed by atoms with van der Waals surface area (Å²) in [5, 5.41) is 9.69. The molecule has 3 aromatic rings. The molecule has 3 aromatic heterocycles. The molecule has 27 heavy (non-hydrogen) atoms. The number of aryl methyl sites for hydroxylation is 2. The van der Waals surface area contributed by atoms with Gasteiger partial charge in [0, 0.05) is 36.1 Å². The van der Waals surface area contributed by atoms with Crippen LogP contribution in [-0.4, -0.2) is 20.7 Å². The Labute approximate surface area is 163 Å². The first-order valence-electron chi connectivity index (χ1n) is 9.54.